The van der Waals surface area contributed by atoms with Crippen LogP contribution in [0.2, 0.25) is 10.0 Å². The summed E-state index contributed by atoms with van der Waals surface area (Å²) in [6.07, 6.45) is -4.10. The van der Waals surface area contributed by atoms with Crippen LogP contribution in [0.15, 0.2) is 54.6 Å². The van der Waals surface area contributed by atoms with Gasteiger partial charge in [0.05, 0.1) is 6.04 Å². The standard InChI is InChI=1S/C31H31Cl2F3N3O4P/c1-16-4-7-19(44)12-21(16)28-27(20-8-5-18(33)11-24(20)38-15-40)23(13-26(41)39-28)22-10-17(32)6-9-25(22)43-30(2,3)29(42)37-14-31(34,35)36/h4-12,15,23,27-28H,13-14,44H2,1-3H3,(H,37,42)(H,38,40)(H,39,41). The summed E-state index contributed by atoms with van der Waals surface area (Å²) >= 11 is 12.8. The number of aryl methyl sites for hydroxylation is 1. The van der Waals surface area contributed by atoms with Crippen LogP contribution >= 0.6 is 32.4 Å². The number of rotatable bonds is 9. The molecule has 4 unspecified atom stereocenters. The van der Waals surface area contributed by atoms with Crippen molar-refractivity contribution < 1.29 is 32.3 Å². The van der Waals surface area contributed by atoms with Crippen molar-refractivity contribution in [2.75, 3.05) is 11.9 Å². The predicted octanol–water partition coefficient (Wildman–Crippen LogP) is 6.34. The Morgan fingerprint density at radius 2 is 1.73 bits per heavy atom. The number of benzene rings is 3. The fourth-order valence-electron chi connectivity index (χ4n) is 5.47. The van der Waals surface area contributed by atoms with E-state index in [2.05, 4.69) is 19.9 Å². The molecule has 4 rings (SSSR count). The van der Waals surface area contributed by atoms with Crippen LogP contribution in [0.25, 0.3) is 0 Å². The second kappa shape index (κ2) is 13.3. The van der Waals surface area contributed by atoms with Gasteiger partial charge in [-0.15, -0.1) is 9.24 Å². The Bertz CT molecular complexity index is 1590. The Labute approximate surface area is 265 Å². The summed E-state index contributed by atoms with van der Waals surface area (Å²) < 4.78 is 44.6. The molecule has 0 spiro atoms. The van der Waals surface area contributed by atoms with Crippen molar-refractivity contribution in [3.63, 3.8) is 0 Å². The van der Waals surface area contributed by atoms with Crippen LogP contribution in [0.4, 0.5) is 18.9 Å². The zero-order chi connectivity index (χ0) is 32.4. The van der Waals surface area contributed by atoms with Gasteiger partial charge in [-0.05, 0) is 84.7 Å². The number of nitrogens with one attached hydrogen (secondary N) is 3. The fraction of sp³-hybridized carbons (Fsp3) is 0.323. The molecule has 3 aromatic carbocycles. The maximum absolute atomic E-state index is 13.4. The summed E-state index contributed by atoms with van der Waals surface area (Å²) in [4.78, 5) is 37.8. The van der Waals surface area contributed by atoms with Gasteiger partial charge in [0.2, 0.25) is 12.3 Å². The van der Waals surface area contributed by atoms with E-state index in [-0.39, 0.29) is 18.1 Å². The largest absolute Gasteiger partial charge is 0.478 e. The first-order chi connectivity index (χ1) is 20.6. The fourth-order valence-corrected chi connectivity index (χ4v) is 6.10. The van der Waals surface area contributed by atoms with E-state index in [1.165, 1.54) is 26.0 Å². The second-order valence-corrected chi connectivity index (χ2v) is 12.6. The summed E-state index contributed by atoms with van der Waals surface area (Å²) in [5, 5.41) is 9.30. The highest BCUT2D eigenvalue weighted by Gasteiger charge is 2.43. The van der Waals surface area contributed by atoms with Crippen molar-refractivity contribution in [3.05, 3.63) is 86.9 Å². The number of piperidine rings is 1. The number of halogens is 5. The lowest BCUT2D eigenvalue weighted by atomic mass is 9.70. The molecule has 1 fully saturated rings. The van der Waals surface area contributed by atoms with Gasteiger partial charge in [0.15, 0.2) is 5.60 Å². The minimum Gasteiger partial charge on any atom is -0.478 e. The first kappa shape index (κ1) is 33.6. The molecule has 1 saturated heterocycles. The molecule has 234 valence electrons. The SMILES string of the molecule is Cc1ccc(P)cc1C1NC(=O)CC(c2cc(Cl)ccc2OC(C)(C)C(=O)NCC(F)(F)F)C1c1ccc(Cl)cc1NC=O. The molecule has 0 aromatic heterocycles. The maximum Gasteiger partial charge on any atom is 0.405 e. The molecule has 7 nitrogen and oxygen atoms in total. The molecule has 1 aliphatic rings. The van der Waals surface area contributed by atoms with Gasteiger partial charge in [-0.2, -0.15) is 13.2 Å². The van der Waals surface area contributed by atoms with Crippen LogP contribution in [0.3, 0.4) is 0 Å². The number of anilines is 1. The summed E-state index contributed by atoms with van der Waals surface area (Å²) in [5.74, 6) is -2.23. The first-order valence-corrected chi connectivity index (χ1v) is 14.9. The Morgan fingerprint density at radius 1 is 1.05 bits per heavy atom. The Hall–Kier alpha value is -3.33. The van der Waals surface area contributed by atoms with Gasteiger partial charge in [-0.3, -0.25) is 14.4 Å². The maximum atomic E-state index is 13.4. The molecule has 0 bridgehead atoms. The third-order valence-corrected chi connectivity index (χ3v) is 8.30. The van der Waals surface area contributed by atoms with Crippen molar-refractivity contribution >= 4 is 61.7 Å². The average Bonchev–Trinajstić information content (AvgIpc) is 2.93. The average molecular weight is 668 g/mol. The number of hydrogen-bond donors (Lipinski definition) is 3. The predicted molar refractivity (Wildman–Crippen MR) is 168 cm³/mol. The molecule has 0 radical (unpaired) electrons. The quantitative estimate of drug-likeness (QED) is 0.183. The lowest BCUT2D eigenvalue weighted by molar-refractivity contribution is -0.146. The molecule has 1 aliphatic heterocycles. The molecular weight excluding hydrogens is 637 g/mol. The minimum atomic E-state index is -4.60. The number of ether oxygens (including phenoxy) is 1. The van der Waals surface area contributed by atoms with E-state index in [4.69, 9.17) is 27.9 Å². The van der Waals surface area contributed by atoms with E-state index < -0.39 is 42.1 Å². The zero-order valence-electron chi connectivity index (χ0n) is 24.0. The molecule has 44 heavy (non-hydrogen) atoms. The van der Waals surface area contributed by atoms with Crippen molar-refractivity contribution in [2.24, 2.45) is 0 Å². The van der Waals surface area contributed by atoms with Gasteiger partial charge in [0, 0.05) is 34.0 Å². The molecule has 3 aromatic rings. The van der Waals surface area contributed by atoms with Crippen molar-refractivity contribution in [2.45, 2.75) is 56.8 Å². The number of amides is 3. The van der Waals surface area contributed by atoms with E-state index in [0.29, 0.717) is 33.3 Å². The Kier molecular flexibility index (Phi) is 10.2. The first-order valence-electron chi connectivity index (χ1n) is 13.6. The van der Waals surface area contributed by atoms with Crippen molar-refractivity contribution in [1.29, 1.82) is 0 Å². The van der Waals surface area contributed by atoms with E-state index in [1.807, 2.05) is 30.4 Å². The van der Waals surface area contributed by atoms with Gasteiger partial charge in [-0.1, -0.05) is 41.4 Å². The van der Waals surface area contributed by atoms with E-state index in [1.54, 1.807) is 24.3 Å². The molecule has 13 heteroatoms. The van der Waals surface area contributed by atoms with E-state index >= 15 is 0 Å². The van der Waals surface area contributed by atoms with Crippen LogP contribution in [0, 0.1) is 6.92 Å². The van der Waals surface area contributed by atoms with Crippen LogP contribution in [0.5, 0.6) is 5.75 Å². The highest BCUT2D eigenvalue weighted by molar-refractivity contribution is 7.27. The molecule has 3 N–H and O–H groups in total. The molecule has 3 amide bonds. The highest BCUT2D eigenvalue weighted by Crippen LogP contribution is 2.52. The normalized spacial score (nSPS) is 18.8. The third kappa shape index (κ3) is 7.84. The summed E-state index contributed by atoms with van der Waals surface area (Å²) in [6, 6.07) is 15.0. The smallest absolute Gasteiger partial charge is 0.405 e. The number of alkyl halides is 3. The van der Waals surface area contributed by atoms with Crippen LogP contribution in [-0.2, 0) is 14.4 Å². The molecule has 0 saturated carbocycles. The number of carbonyl (C=O) groups excluding carboxylic acids is 3. The molecular formula is C31H31Cl2F3N3O4P. The molecule has 4 atom stereocenters. The summed E-state index contributed by atoms with van der Waals surface area (Å²) in [6.45, 7) is 3.11. The minimum absolute atomic E-state index is 0.0265. The van der Waals surface area contributed by atoms with Crippen molar-refractivity contribution in [3.8, 4) is 5.75 Å². The summed E-state index contributed by atoms with van der Waals surface area (Å²) in [5.41, 5.74) is 1.58. The summed E-state index contributed by atoms with van der Waals surface area (Å²) in [7, 11) is 2.64. The topological polar surface area (TPSA) is 96.5 Å². The lowest BCUT2D eigenvalue weighted by Gasteiger charge is -2.41. The third-order valence-electron chi connectivity index (χ3n) is 7.47. The van der Waals surface area contributed by atoms with E-state index in [9.17, 15) is 27.6 Å². The van der Waals surface area contributed by atoms with Gasteiger partial charge >= 0.3 is 6.18 Å². The van der Waals surface area contributed by atoms with Crippen molar-refractivity contribution in [1.82, 2.24) is 10.6 Å². The lowest BCUT2D eigenvalue weighted by Crippen LogP contribution is -2.49. The number of carbonyl (C=O) groups is 3. The monoisotopic (exact) mass is 667 g/mol. The zero-order valence-corrected chi connectivity index (χ0v) is 26.7. The van der Waals surface area contributed by atoms with Crippen LogP contribution in [0.1, 0.15) is 60.4 Å². The van der Waals surface area contributed by atoms with Crippen LogP contribution < -0.4 is 26.0 Å². The Morgan fingerprint density at radius 3 is 2.41 bits per heavy atom. The van der Waals surface area contributed by atoms with Gasteiger partial charge in [0.25, 0.3) is 5.91 Å². The van der Waals surface area contributed by atoms with Crippen LogP contribution in [-0.4, -0.2) is 36.5 Å². The number of hydrogen-bond acceptors (Lipinski definition) is 4. The van der Waals surface area contributed by atoms with Gasteiger partial charge < -0.3 is 20.7 Å². The molecule has 1 heterocycles. The second-order valence-electron chi connectivity index (χ2n) is 11.1. The van der Waals surface area contributed by atoms with E-state index in [0.717, 1.165) is 16.4 Å². The molecule has 0 aliphatic carbocycles. The van der Waals surface area contributed by atoms with Gasteiger partial charge in [0.1, 0.15) is 12.3 Å². The Balaban J connectivity index is 1.89. The van der Waals surface area contributed by atoms with Gasteiger partial charge in [-0.25, -0.2) is 0 Å². The highest BCUT2D eigenvalue weighted by atomic mass is 35.5.